The summed E-state index contributed by atoms with van der Waals surface area (Å²) in [5.74, 6) is 0. The van der Waals surface area contributed by atoms with Crippen molar-refractivity contribution in [1.82, 2.24) is 0 Å². The molecule has 0 fully saturated rings. The van der Waals surface area contributed by atoms with Crippen LogP contribution in [0, 0.1) is 6.92 Å². The number of hydrogen-bond acceptors (Lipinski definition) is 2. The number of hydrogen-bond donors (Lipinski definition) is 0. The molecule has 0 aliphatic heterocycles. The minimum absolute atomic E-state index is 1.01. The summed E-state index contributed by atoms with van der Waals surface area (Å²) in [7, 11) is 3.53. The molecule has 0 unspecified atom stereocenters. The van der Waals surface area contributed by atoms with E-state index < -0.39 is 18.6 Å². The summed E-state index contributed by atoms with van der Waals surface area (Å²) >= 11 is -2.06. The molecule has 1 aliphatic rings. The van der Waals surface area contributed by atoms with Crippen LogP contribution in [0.5, 0.6) is 0 Å². The van der Waals surface area contributed by atoms with Gasteiger partial charge >= 0.3 is 121 Å². The van der Waals surface area contributed by atoms with E-state index in [1.165, 1.54) is 31.7 Å². The van der Waals surface area contributed by atoms with Crippen molar-refractivity contribution in [3.8, 4) is 11.1 Å². The Bertz CT molecular complexity index is 618. The van der Waals surface area contributed by atoms with Crippen LogP contribution in [0.1, 0.15) is 16.7 Å². The Balaban J connectivity index is 2.20. The molecule has 0 radical (unpaired) electrons. The number of rotatable bonds is 3. The van der Waals surface area contributed by atoms with Gasteiger partial charge in [0.25, 0.3) is 0 Å². The molecule has 2 aromatic carbocycles. The molecular weight excluding hydrogens is 272 g/mol. The van der Waals surface area contributed by atoms with Crippen molar-refractivity contribution >= 4 is 3.87 Å². The minimum atomic E-state index is -2.06. The molecule has 0 heterocycles. The maximum absolute atomic E-state index is 5.63. The zero-order chi connectivity index (χ0) is 13.4. The van der Waals surface area contributed by atoms with Crippen LogP contribution in [-0.2, 0) is 31.7 Å². The summed E-state index contributed by atoms with van der Waals surface area (Å²) in [5.41, 5.74) is 6.85. The van der Waals surface area contributed by atoms with Crippen LogP contribution in [0.4, 0.5) is 0 Å². The summed E-state index contributed by atoms with van der Waals surface area (Å²) in [5, 5.41) is 0. The molecule has 3 heteroatoms. The van der Waals surface area contributed by atoms with E-state index in [1.54, 1.807) is 14.2 Å². The van der Waals surface area contributed by atoms with E-state index in [0.29, 0.717) is 0 Å². The van der Waals surface area contributed by atoms with Crippen molar-refractivity contribution < 1.29 is 25.3 Å². The third-order valence-corrected chi connectivity index (χ3v) is 6.65. The first kappa shape index (κ1) is 13.1. The van der Waals surface area contributed by atoms with Crippen LogP contribution >= 0.6 is 0 Å². The quantitative estimate of drug-likeness (QED) is 0.690. The second-order valence-corrected chi connectivity index (χ2v) is 7.77. The molecule has 2 nitrogen and oxygen atoms in total. The number of fused-ring (bicyclic) bond motifs is 3. The van der Waals surface area contributed by atoms with Gasteiger partial charge in [0.05, 0.1) is 0 Å². The zero-order valence-electron chi connectivity index (χ0n) is 11.5. The van der Waals surface area contributed by atoms with E-state index in [9.17, 15) is 0 Å². The monoisotopic (exact) mass is 289 g/mol. The van der Waals surface area contributed by atoms with Gasteiger partial charge in [0.1, 0.15) is 0 Å². The first-order chi connectivity index (χ1) is 9.26. The Hall–Kier alpha value is -0.926. The molecule has 2 aromatic rings. The van der Waals surface area contributed by atoms with Crippen LogP contribution in [0.25, 0.3) is 11.1 Å². The van der Waals surface area contributed by atoms with Crippen molar-refractivity contribution in [2.24, 2.45) is 0 Å². The molecule has 19 heavy (non-hydrogen) atoms. The predicted molar refractivity (Wildman–Crippen MR) is 73.1 cm³/mol. The second-order valence-electron chi connectivity index (χ2n) is 4.81. The molecule has 1 aliphatic carbocycles. The van der Waals surface area contributed by atoms with E-state index in [2.05, 4.69) is 43.3 Å². The Morgan fingerprint density at radius 1 is 0.947 bits per heavy atom. The number of aryl methyl sites for hydroxylation is 1. The maximum atomic E-state index is 5.63. The summed E-state index contributed by atoms with van der Waals surface area (Å²) in [4.78, 5) is 0. The van der Waals surface area contributed by atoms with E-state index in [1.807, 2.05) is 0 Å². The van der Waals surface area contributed by atoms with Gasteiger partial charge in [0, 0.05) is 0 Å². The number of benzene rings is 2. The van der Waals surface area contributed by atoms with Crippen LogP contribution in [-0.4, -0.2) is 14.2 Å². The van der Waals surface area contributed by atoms with Crippen molar-refractivity contribution in [3.63, 3.8) is 0 Å². The molecular formula is C16H17O2Ti. The molecule has 97 valence electrons. The van der Waals surface area contributed by atoms with Crippen LogP contribution in [0.15, 0.2) is 36.4 Å². The molecule has 3 rings (SSSR count). The zero-order valence-corrected chi connectivity index (χ0v) is 13.0. The molecule has 0 spiro atoms. The van der Waals surface area contributed by atoms with E-state index in [4.69, 9.17) is 6.64 Å². The average molecular weight is 289 g/mol. The van der Waals surface area contributed by atoms with Gasteiger partial charge in [0.2, 0.25) is 0 Å². The van der Waals surface area contributed by atoms with Crippen molar-refractivity contribution in [1.29, 1.82) is 0 Å². The second kappa shape index (κ2) is 5.22. The molecule has 0 bridgehead atoms. The van der Waals surface area contributed by atoms with Gasteiger partial charge in [-0.3, -0.25) is 0 Å². The van der Waals surface area contributed by atoms with Crippen LogP contribution in [0.3, 0.4) is 0 Å². The van der Waals surface area contributed by atoms with Gasteiger partial charge in [-0.1, -0.05) is 0 Å². The predicted octanol–water partition coefficient (Wildman–Crippen LogP) is 2.93. The van der Waals surface area contributed by atoms with Gasteiger partial charge in [-0.15, -0.1) is 0 Å². The summed E-state index contributed by atoms with van der Waals surface area (Å²) in [6, 6.07) is 13.1. The molecule has 0 saturated heterocycles. The molecule has 0 amide bonds. The normalized spacial score (nSPS) is 12.2. The third kappa shape index (κ3) is 2.09. The fourth-order valence-electron chi connectivity index (χ4n) is 2.90. The van der Waals surface area contributed by atoms with Crippen LogP contribution < -0.4 is 3.87 Å². The van der Waals surface area contributed by atoms with Gasteiger partial charge in [0.15, 0.2) is 0 Å². The molecule has 0 atom stereocenters. The summed E-state index contributed by atoms with van der Waals surface area (Å²) in [6.45, 7) is 2.16. The van der Waals surface area contributed by atoms with Crippen molar-refractivity contribution in [2.75, 3.05) is 14.2 Å². The Morgan fingerprint density at radius 2 is 1.68 bits per heavy atom. The van der Waals surface area contributed by atoms with E-state index >= 15 is 0 Å². The first-order valence-corrected chi connectivity index (χ1v) is 8.48. The third-order valence-electron chi connectivity index (χ3n) is 3.77. The van der Waals surface area contributed by atoms with E-state index in [0.717, 1.165) is 6.42 Å². The topological polar surface area (TPSA) is 18.5 Å². The fraction of sp³-hybridized carbons (Fsp3) is 0.250. The van der Waals surface area contributed by atoms with Crippen LogP contribution in [0.2, 0.25) is 0 Å². The van der Waals surface area contributed by atoms with Gasteiger partial charge in [-0.25, -0.2) is 0 Å². The Labute approximate surface area is 121 Å². The Kier molecular flexibility index (Phi) is 3.59. The van der Waals surface area contributed by atoms with Crippen molar-refractivity contribution in [2.45, 2.75) is 13.3 Å². The fourth-order valence-corrected chi connectivity index (χ4v) is 5.16. The molecule has 0 N–H and O–H groups in total. The molecule has 0 saturated carbocycles. The van der Waals surface area contributed by atoms with Gasteiger partial charge in [-0.05, 0) is 0 Å². The van der Waals surface area contributed by atoms with Crippen molar-refractivity contribution in [3.05, 3.63) is 53.1 Å². The average Bonchev–Trinajstić information content (AvgIpc) is 2.81. The van der Waals surface area contributed by atoms with Gasteiger partial charge < -0.3 is 0 Å². The Morgan fingerprint density at radius 3 is 2.42 bits per heavy atom. The first-order valence-electron chi connectivity index (χ1n) is 6.42. The van der Waals surface area contributed by atoms with Gasteiger partial charge in [-0.2, -0.15) is 0 Å². The SMILES string of the molecule is C[O][Ti]([O]C)[c]1c(C)ccc2c1Cc1ccccc1-2. The standard InChI is InChI=1S/C14H11.2CH3O.Ti/c1-10-6-7-14-12(8-10)9-11-4-2-3-5-13(11)14;2*1-2;/h2-7H,9H2,1H3;2*1H3;/q;2*-1;+2. The summed E-state index contributed by atoms with van der Waals surface area (Å²) < 4.78 is 12.6. The summed E-state index contributed by atoms with van der Waals surface area (Å²) in [6.07, 6.45) is 1.01. The molecule has 0 aromatic heterocycles. The van der Waals surface area contributed by atoms with E-state index in [-0.39, 0.29) is 0 Å².